The van der Waals surface area contributed by atoms with E-state index in [1.54, 1.807) is 0 Å². The van der Waals surface area contributed by atoms with Gasteiger partial charge in [0.25, 0.3) is 0 Å². The maximum Gasteiger partial charge on any atom is 0.306 e. The third kappa shape index (κ3) is 1.12. The molecule has 2 N–H and O–H groups in total. The Labute approximate surface area is 71.4 Å². The highest BCUT2D eigenvalue weighted by Gasteiger charge is 2.49. The number of carboxylic acids is 1. The fourth-order valence-corrected chi connectivity index (χ4v) is 2.78. The Kier molecular flexibility index (Phi) is 1.65. The van der Waals surface area contributed by atoms with Crippen molar-refractivity contribution in [3.63, 3.8) is 0 Å². The molecule has 0 aliphatic heterocycles. The van der Waals surface area contributed by atoms with Crippen LogP contribution in [0.4, 0.5) is 0 Å². The molecule has 2 saturated carbocycles. The van der Waals surface area contributed by atoms with Gasteiger partial charge in [-0.3, -0.25) is 4.79 Å². The summed E-state index contributed by atoms with van der Waals surface area (Å²) in [5, 5.41) is 18.7. The maximum atomic E-state index is 10.8. The Hall–Kier alpha value is -0.570. The minimum Gasteiger partial charge on any atom is -0.481 e. The first-order valence-corrected chi connectivity index (χ1v) is 4.56. The molecular formula is C9H14O3. The summed E-state index contributed by atoms with van der Waals surface area (Å²) >= 11 is 0. The van der Waals surface area contributed by atoms with Gasteiger partial charge in [0.2, 0.25) is 0 Å². The second kappa shape index (κ2) is 2.46. The number of carboxylic acid groups (broad SMARTS) is 1. The molecule has 0 aromatic heterocycles. The van der Waals surface area contributed by atoms with Gasteiger partial charge in [0, 0.05) is 0 Å². The molecule has 2 bridgehead atoms. The van der Waals surface area contributed by atoms with E-state index < -0.39 is 11.6 Å². The van der Waals surface area contributed by atoms with Crippen molar-refractivity contribution in [1.82, 2.24) is 0 Å². The van der Waals surface area contributed by atoms with Crippen LogP contribution in [-0.4, -0.2) is 21.8 Å². The Balaban J connectivity index is 2.17. The lowest BCUT2D eigenvalue weighted by Gasteiger charge is -2.26. The largest absolute Gasteiger partial charge is 0.481 e. The number of rotatable bonds is 1. The molecule has 0 radical (unpaired) electrons. The molecule has 3 nitrogen and oxygen atoms in total. The van der Waals surface area contributed by atoms with Crippen molar-refractivity contribution in [2.24, 2.45) is 11.8 Å². The molecule has 2 aliphatic carbocycles. The number of hydrogen-bond acceptors (Lipinski definition) is 2. The van der Waals surface area contributed by atoms with E-state index in [0.717, 1.165) is 19.3 Å². The van der Waals surface area contributed by atoms with E-state index in [1.807, 2.05) is 0 Å². The Morgan fingerprint density at radius 2 is 2.17 bits per heavy atom. The molecule has 2 fully saturated rings. The van der Waals surface area contributed by atoms with Gasteiger partial charge in [-0.05, 0) is 31.6 Å². The van der Waals surface area contributed by atoms with Crippen molar-refractivity contribution >= 4 is 5.97 Å². The van der Waals surface area contributed by atoms with Crippen LogP contribution in [0.2, 0.25) is 0 Å². The standard InChI is InChI=1S/C9H14O3/c10-8(11)7-5-9(12)3-1-2-6(7)4-9/h6-7,12H,1-5H2,(H,10,11). The van der Waals surface area contributed by atoms with Gasteiger partial charge in [-0.15, -0.1) is 0 Å². The molecule has 0 saturated heterocycles. The van der Waals surface area contributed by atoms with Crippen LogP contribution >= 0.6 is 0 Å². The molecule has 0 aromatic rings. The minimum atomic E-state index is -0.724. The van der Waals surface area contributed by atoms with E-state index in [9.17, 15) is 9.90 Å². The monoisotopic (exact) mass is 170 g/mol. The lowest BCUT2D eigenvalue weighted by Crippen LogP contribution is -2.27. The Bertz CT molecular complexity index is 214. The smallest absolute Gasteiger partial charge is 0.306 e. The first-order chi connectivity index (χ1) is 5.61. The summed E-state index contributed by atoms with van der Waals surface area (Å²) in [5.41, 5.74) is -0.633. The van der Waals surface area contributed by atoms with Crippen molar-refractivity contribution in [1.29, 1.82) is 0 Å². The number of fused-ring (bicyclic) bond motifs is 2. The zero-order valence-electron chi connectivity index (χ0n) is 6.99. The number of carbonyl (C=O) groups is 1. The molecule has 12 heavy (non-hydrogen) atoms. The second-order valence-corrected chi connectivity index (χ2v) is 4.23. The highest BCUT2D eigenvalue weighted by Crippen LogP contribution is 2.48. The normalized spacial score (nSPS) is 46.1. The lowest BCUT2D eigenvalue weighted by atomic mass is 9.85. The first kappa shape index (κ1) is 8.05. The van der Waals surface area contributed by atoms with Gasteiger partial charge in [-0.1, -0.05) is 6.42 Å². The van der Waals surface area contributed by atoms with E-state index in [0.29, 0.717) is 12.8 Å². The Morgan fingerprint density at radius 3 is 2.75 bits per heavy atom. The predicted molar refractivity (Wildman–Crippen MR) is 42.7 cm³/mol. The SMILES string of the molecule is O=C(O)C1CC2(O)CCCC1C2. The topological polar surface area (TPSA) is 57.5 Å². The van der Waals surface area contributed by atoms with Crippen LogP contribution in [0.15, 0.2) is 0 Å². The van der Waals surface area contributed by atoms with Gasteiger partial charge in [0.15, 0.2) is 0 Å². The molecular weight excluding hydrogens is 156 g/mol. The van der Waals surface area contributed by atoms with Crippen LogP contribution in [0.25, 0.3) is 0 Å². The molecule has 3 unspecified atom stereocenters. The summed E-state index contributed by atoms with van der Waals surface area (Å²) in [5.74, 6) is -0.767. The molecule has 2 aliphatic rings. The molecule has 0 heterocycles. The zero-order valence-corrected chi connectivity index (χ0v) is 6.99. The third-order valence-electron chi connectivity index (χ3n) is 3.35. The molecule has 3 heteroatoms. The predicted octanol–water partition coefficient (Wildman–Crippen LogP) is 1.01. The van der Waals surface area contributed by atoms with Crippen molar-refractivity contribution in [3.8, 4) is 0 Å². The molecule has 0 spiro atoms. The van der Waals surface area contributed by atoms with Gasteiger partial charge in [-0.25, -0.2) is 0 Å². The van der Waals surface area contributed by atoms with Crippen LogP contribution in [0, 0.1) is 11.8 Å². The number of hydrogen-bond donors (Lipinski definition) is 2. The molecule has 0 amide bonds. The zero-order chi connectivity index (χ0) is 8.77. The summed E-state index contributed by atoms with van der Waals surface area (Å²) in [4.78, 5) is 10.8. The van der Waals surface area contributed by atoms with Crippen LogP contribution in [0.1, 0.15) is 32.1 Å². The summed E-state index contributed by atoms with van der Waals surface area (Å²) in [6, 6.07) is 0. The lowest BCUT2D eigenvalue weighted by molar-refractivity contribution is -0.143. The number of aliphatic hydroxyl groups is 1. The van der Waals surface area contributed by atoms with E-state index in [-0.39, 0.29) is 11.8 Å². The van der Waals surface area contributed by atoms with Crippen molar-refractivity contribution < 1.29 is 15.0 Å². The summed E-state index contributed by atoms with van der Waals surface area (Å²) < 4.78 is 0. The van der Waals surface area contributed by atoms with E-state index >= 15 is 0 Å². The molecule has 3 atom stereocenters. The highest BCUT2D eigenvalue weighted by molar-refractivity contribution is 5.71. The quantitative estimate of drug-likeness (QED) is 0.617. The average molecular weight is 170 g/mol. The van der Waals surface area contributed by atoms with E-state index in [1.165, 1.54) is 0 Å². The van der Waals surface area contributed by atoms with Gasteiger partial charge in [0.05, 0.1) is 11.5 Å². The van der Waals surface area contributed by atoms with Gasteiger partial charge < -0.3 is 10.2 Å². The fourth-order valence-electron chi connectivity index (χ4n) is 2.78. The first-order valence-electron chi connectivity index (χ1n) is 4.56. The van der Waals surface area contributed by atoms with Gasteiger partial charge in [-0.2, -0.15) is 0 Å². The van der Waals surface area contributed by atoms with Crippen LogP contribution in [-0.2, 0) is 4.79 Å². The summed E-state index contributed by atoms with van der Waals surface area (Å²) in [6.07, 6.45) is 3.97. The van der Waals surface area contributed by atoms with Crippen molar-refractivity contribution in [2.45, 2.75) is 37.7 Å². The van der Waals surface area contributed by atoms with Crippen LogP contribution < -0.4 is 0 Å². The molecule has 0 aromatic carbocycles. The van der Waals surface area contributed by atoms with Crippen LogP contribution in [0.3, 0.4) is 0 Å². The molecule has 68 valence electrons. The van der Waals surface area contributed by atoms with Crippen molar-refractivity contribution in [2.75, 3.05) is 0 Å². The minimum absolute atomic E-state index is 0.237. The number of aliphatic carboxylic acids is 1. The van der Waals surface area contributed by atoms with Gasteiger partial charge in [0.1, 0.15) is 0 Å². The molecule has 2 rings (SSSR count). The average Bonchev–Trinajstić information content (AvgIpc) is 2.22. The summed E-state index contributed by atoms with van der Waals surface area (Å²) in [6.45, 7) is 0. The van der Waals surface area contributed by atoms with Crippen molar-refractivity contribution in [3.05, 3.63) is 0 Å². The third-order valence-corrected chi connectivity index (χ3v) is 3.35. The summed E-state index contributed by atoms with van der Waals surface area (Å²) in [7, 11) is 0. The fraction of sp³-hybridized carbons (Fsp3) is 0.889. The second-order valence-electron chi connectivity index (χ2n) is 4.23. The van der Waals surface area contributed by atoms with Crippen LogP contribution in [0.5, 0.6) is 0 Å². The highest BCUT2D eigenvalue weighted by atomic mass is 16.4. The van der Waals surface area contributed by atoms with Gasteiger partial charge >= 0.3 is 5.97 Å². The Morgan fingerprint density at radius 1 is 1.42 bits per heavy atom. The van der Waals surface area contributed by atoms with E-state index in [4.69, 9.17) is 5.11 Å². The maximum absolute atomic E-state index is 10.8. The van der Waals surface area contributed by atoms with E-state index in [2.05, 4.69) is 0 Å².